The lowest BCUT2D eigenvalue weighted by atomic mass is 10.1. The second kappa shape index (κ2) is 7.68. The predicted octanol–water partition coefficient (Wildman–Crippen LogP) is 4.56. The Balaban J connectivity index is 1.71. The number of rotatable bonds is 7. The van der Waals surface area contributed by atoms with Crippen molar-refractivity contribution in [2.75, 3.05) is 30.3 Å². The number of nitrogens with zero attached hydrogens (tertiary/aromatic N) is 2. The third-order valence-corrected chi connectivity index (χ3v) is 4.94. The van der Waals surface area contributed by atoms with E-state index >= 15 is 0 Å². The first-order valence-corrected chi connectivity index (χ1v) is 9.39. The first-order valence-electron chi connectivity index (χ1n) is 8.51. The molecule has 1 aromatic heterocycles. The summed E-state index contributed by atoms with van der Waals surface area (Å²) >= 11 is 1.48. The molecule has 0 amide bonds. The largest absolute Gasteiger partial charge is 0.490 e. The Morgan fingerprint density at radius 1 is 1.26 bits per heavy atom. The van der Waals surface area contributed by atoms with Crippen LogP contribution in [-0.4, -0.2) is 24.7 Å². The Labute approximate surface area is 142 Å². The average molecular weight is 331 g/mol. The number of ether oxygens (including phenoxy) is 1. The van der Waals surface area contributed by atoms with Crippen molar-refractivity contribution in [1.82, 2.24) is 4.98 Å². The van der Waals surface area contributed by atoms with E-state index in [1.807, 2.05) is 5.38 Å². The van der Waals surface area contributed by atoms with Gasteiger partial charge in [0.2, 0.25) is 0 Å². The highest BCUT2D eigenvalue weighted by Crippen LogP contribution is 2.36. The van der Waals surface area contributed by atoms with E-state index in [0.717, 1.165) is 36.7 Å². The standard InChI is InChI=1S/C18H25N3OS/c1-2-3-4-5-6-9-21-10-11-22-17-8-7-14(12-16(17)21)15-13-23-18(19)20-15/h7-8,12-13H,2-6,9-11H2,1H3,(H2,19,20). The second-order valence-electron chi connectivity index (χ2n) is 6.00. The fourth-order valence-electron chi connectivity index (χ4n) is 2.99. The fourth-order valence-corrected chi connectivity index (χ4v) is 3.56. The van der Waals surface area contributed by atoms with Gasteiger partial charge in [0.05, 0.1) is 17.9 Å². The summed E-state index contributed by atoms with van der Waals surface area (Å²) in [6.07, 6.45) is 6.53. The SMILES string of the molecule is CCCCCCCN1CCOc2ccc(-c3csc(N)n3)cc21. The Morgan fingerprint density at radius 2 is 2.13 bits per heavy atom. The molecule has 0 spiro atoms. The van der Waals surface area contributed by atoms with Crippen LogP contribution in [-0.2, 0) is 0 Å². The van der Waals surface area contributed by atoms with E-state index in [1.54, 1.807) is 0 Å². The number of nitrogen functional groups attached to an aromatic ring is 1. The summed E-state index contributed by atoms with van der Waals surface area (Å²) in [6.45, 7) is 5.09. The van der Waals surface area contributed by atoms with Gasteiger partial charge in [-0.15, -0.1) is 11.3 Å². The van der Waals surface area contributed by atoms with E-state index in [-0.39, 0.29) is 0 Å². The maximum absolute atomic E-state index is 5.81. The van der Waals surface area contributed by atoms with Gasteiger partial charge < -0.3 is 15.4 Å². The molecule has 0 fully saturated rings. The number of unbranched alkanes of at least 4 members (excludes halogenated alkanes) is 4. The van der Waals surface area contributed by atoms with Crippen LogP contribution in [0.2, 0.25) is 0 Å². The molecule has 5 heteroatoms. The third-order valence-electron chi connectivity index (χ3n) is 4.27. The van der Waals surface area contributed by atoms with Crippen LogP contribution in [0.4, 0.5) is 10.8 Å². The number of hydrogen-bond acceptors (Lipinski definition) is 5. The van der Waals surface area contributed by atoms with Crippen LogP contribution in [0.15, 0.2) is 23.6 Å². The molecule has 2 N–H and O–H groups in total. The topological polar surface area (TPSA) is 51.4 Å². The second-order valence-corrected chi connectivity index (χ2v) is 6.89. The third kappa shape index (κ3) is 3.96. The normalized spacial score (nSPS) is 13.7. The number of nitrogens with two attached hydrogens (primary N) is 1. The lowest BCUT2D eigenvalue weighted by molar-refractivity contribution is 0.307. The summed E-state index contributed by atoms with van der Waals surface area (Å²) < 4.78 is 5.81. The van der Waals surface area contributed by atoms with E-state index < -0.39 is 0 Å². The summed E-state index contributed by atoms with van der Waals surface area (Å²) in [7, 11) is 0. The van der Waals surface area contributed by atoms with Crippen LogP contribution in [0.3, 0.4) is 0 Å². The van der Waals surface area contributed by atoms with E-state index in [4.69, 9.17) is 10.5 Å². The maximum Gasteiger partial charge on any atom is 0.180 e. The van der Waals surface area contributed by atoms with Gasteiger partial charge in [-0.05, 0) is 24.6 Å². The number of fused-ring (bicyclic) bond motifs is 1. The molecule has 2 heterocycles. The Morgan fingerprint density at radius 3 is 2.91 bits per heavy atom. The van der Waals surface area contributed by atoms with Crippen molar-refractivity contribution in [3.63, 3.8) is 0 Å². The summed E-state index contributed by atoms with van der Waals surface area (Å²) in [5, 5.41) is 2.62. The van der Waals surface area contributed by atoms with Crippen LogP contribution in [0, 0.1) is 0 Å². The molecular formula is C18H25N3OS. The number of benzene rings is 1. The monoisotopic (exact) mass is 331 g/mol. The van der Waals surface area contributed by atoms with Crippen LogP contribution in [0.1, 0.15) is 39.0 Å². The van der Waals surface area contributed by atoms with Crippen LogP contribution < -0.4 is 15.4 Å². The molecule has 3 rings (SSSR count). The van der Waals surface area contributed by atoms with Gasteiger partial charge in [0.1, 0.15) is 12.4 Å². The van der Waals surface area contributed by atoms with Crippen molar-refractivity contribution >= 4 is 22.2 Å². The minimum atomic E-state index is 0.613. The number of thiazole rings is 1. The first-order chi connectivity index (χ1) is 11.3. The molecule has 0 atom stereocenters. The highest BCUT2D eigenvalue weighted by Gasteiger charge is 2.19. The van der Waals surface area contributed by atoms with Gasteiger partial charge in [-0.1, -0.05) is 32.6 Å². The molecule has 0 unspecified atom stereocenters. The molecule has 0 bridgehead atoms. The Kier molecular flexibility index (Phi) is 5.39. The molecular weight excluding hydrogens is 306 g/mol. The van der Waals surface area contributed by atoms with Gasteiger partial charge in [0, 0.05) is 17.5 Å². The molecule has 23 heavy (non-hydrogen) atoms. The van der Waals surface area contributed by atoms with Crippen molar-refractivity contribution in [3.05, 3.63) is 23.6 Å². The molecule has 0 aliphatic carbocycles. The summed E-state index contributed by atoms with van der Waals surface area (Å²) in [5.74, 6) is 0.983. The number of hydrogen-bond donors (Lipinski definition) is 1. The zero-order valence-electron chi connectivity index (χ0n) is 13.8. The number of anilines is 2. The summed E-state index contributed by atoms with van der Waals surface area (Å²) in [6, 6.07) is 6.32. The summed E-state index contributed by atoms with van der Waals surface area (Å²) in [5.41, 5.74) is 9.01. The van der Waals surface area contributed by atoms with Gasteiger partial charge >= 0.3 is 0 Å². The molecule has 4 nitrogen and oxygen atoms in total. The van der Waals surface area contributed by atoms with Gasteiger partial charge in [-0.3, -0.25) is 0 Å². The van der Waals surface area contributed by atoms with Gasteiger partial charge in [0.15, 0.2) is 5.13 Å². The van der Waals surface area contributed by atoms with Crippen molar-refractivity contribution in [2.24, 2.45) is 0 Å². The van der Waals surface area contributed by atoms with Crippen molar-refractivity contribution < 1.29 is 4.74 Å². The predicted molar refractivity (Wildman–Crippen MR) is 98.4 cm³/mol. The highest BCUT2D eigenvalue weighted by atomic mass is 32.1. The summed E-state index contributed by atoms with van der Waals surface area (Å²) in [4.78, 5) is 6.84. The van der Waals surface area contributed by atoms with Crippen LogP contribution in [0.25, 0.3) is 11.3 Å². The van der Waals surface area contributed by atoms with Gasteiger partial charge in [-0.2, -0.15) is 0 Å². The van der Waals surface area contributed by atoms with Crippen molar-refractivity contribution in [2.45, 2.75) is 39.0 Å². The van der Waals surface area contributed by atoms with Crippen molar-refractivity contribution in [1.29, 1.82) is 0 Å². The zero-order valence-corrected chi connectivity index (χ0v) is 14.6. The number of aromatic nitrogens is 1. The molecule has 0 saturated heterocycles. The quantitative estimate of drug-likeness (QED) is 0.756. The van der Waals surface area contributed by atoms with E-state index in [1.165, 1.54) is 49.1 Å². The molecule has 0 saturated carbocycles. The highest BCUT2D eigenvalue weighted by molar-refractivity contribution is 7.13. The zero-order chi connectivity index (χ0) is 16.1. The van der Waals surface area contributed by atoms with E-state index in [0.29, 0.717) is 5.13 Å². The van der Waals surface area contributed by atoms with Crippen LogP contribution in [0.5, 0.6) is 5.75 Å². The molecule has 0 radical (unpaired) electrons. The van der Waals surface area contributed by atoms with Gasteiger partial charge in [-0.25, -0.2) is 4.98 Å². The van der Waals surface area contributed by atoms with E-state index in [2.05, 4.69) is 35.0 Å². The first kappa shape index (κ1) is 16.1. The minimum absolute atomic E-state index is 0.613. The van der Waals surface area contributed by atoms with Crippen molar-refractivity contribution in [3.8, 4) is 17.0 Å². The molecule has 2 aromatic rings. The minimum Gasteiger partial charge on any atom is -0.490 e. The van der Waals surface area contributed by atoms with Gasteiger partial charge in [0.25, 0.3) is 0 Å². The molecule has 124 valence electrons. The fraction of sp³-hybridized carbons (Fsp3) is 0.500. The average Bonchev–Trinajstić information content (AvgIpc) is 3.01. The lowest BCUT2D eigenvalue weighted by Gasteiger charge is -2.31. The molecule has 1 aliphatic rings. The lowest BCUT2D eigenvalue weighted by Crippen LogP contribution is -2.33. The van der Waals surface area contributed by atoms with Crippen LogP contribution >= 0.6 is 11.3 Å². The maximum atomic E-state index is 5.81. The molecule has 1 aliphatic heterocycles. The molecule has 1 aromatic carbocycles. The Hall–Kier alpha value is -1.75. The smallest absolute Gasteiger partial charge is 0.180 e. The van der Waals surface area contributed by atoms with E-state index in [9.17, 15) is 0 Å². The Bertz CT molecular complexity index is 641.